The molecule has 3 nitrogen and oxygen atoms in total. The molecule has 0 aliphatic rings. The van der Waals surface area contributed by atoms with E-state index < -0.39 is 0 Å². The van der Waals surface area contributed by atoms with Crippen molar-refractivity contribution in [2.75, 3.05) is 0 Å². The molecule has 4 heteroatoms. The molecule has 0 saturated heterocycles. The Hall–Kier alpha value is -1.55. The molecule has 2 aromatic rings. The molecule has 0 fully saturated rings. The molecule has 0 saturated carbocycles. The van der Waals surface area contributed by atoms with Crippen molar-refractivity contribution in [1.82, 2.24) is 9.97 Å². The molecule has 0 aromatic carbocycles. The summed E-state index contributed by atoms with van der Waals surface area (Å²) in [7, 11) is 0. The molecule has 17 heavy (non-hydrogen) atoms. The Balaban J connectivity index is 2.22. The first-order valence-corrected chi connectivity index (χ1v) is 6.34. The summed E-state index contributed by atoms with van der Waals surface area (Å²) in [5.74, 6) is 0.223. The van der Waals surface area contributed by atoms with Gasteiger partial charge in [-0.3, -0.25) is 4.98 Å². The van der Waals surface area contributed by atoms with Crippen LogP contribution in [0.3, 0.4) is 0 Å². The number of hydrogen-bond acceptors (Lipinski definition) is 4. The van der Waals surface area contributed by atoms with Gasteiger partial charge in [-0.25, -0.2) is 4.98 Å². The smallest absolute Gasteiger partial charge is 0.130 e. The lowest BCUT2D eigenvalue weighted by atomic mass is 10.2. The van der Waals surface area contributed by atoms with E-state index in [0.717, 1.165) is 22.7 Å². The van der Waals surface area contributed by atoms with Crippen molar-refractivity contribution < 1.29 is 4.79 Å². The highest BCUT2D eigenvalue weighted by Gasteiger charge is 2.09. The molecular weight excluding hydrogens is 232 g/mol. The highest BCUT2D eigenvalue weighted by Crippen LogP contribution is 2.28. The van der Waals surface area contributed by atoms with Crippen molar-refractivity contribution >= 4 is 17.1 Å². The first-order chi connectivity index (χ1) is 8.16. The zero-order chi connectivity index (χ0) is 12.3. The van der Waals surface area contributed by atoms with E-state index in [1.807, 2.05) is 25.3 Å². The van der Waals surface area contributed by atoms with E-state index in [1.165, 1.54) is 4.88 Å². The van der Waals surface area contributed by atoms with Gasteiger partial charge in [0.25, 0.3) is 0 Å². The molecule has 2 heterocycles. The van der Waals surface area contributed by atoms with Crippen molar-refractivity contribution in [1.29, 1.82) is 0 Å². The van der Waals surface area contributed by atoms with Crippen LogP contribution < -0.4 is 0 Å². The molecule has 0 atom stereocenters. The van der Waals surface area contributed by atoms with Crippen LogP contribution in [0.1, 0.15) is 23.9 Å². The van der Waals surface area contributed by atoms with Gasteiger partial charge in [-0.05, 0) is 32.4 Å². The van der Waals surface area contributed by atoms with E-state index in [4.69, 9.17) is 0 Å². The third-order valence-electron chi connectivity index (χ3n) is 2.51. The number of thiazole rings is 1. The molecule has 0 spiro atoms. The van der Waals surface area contributed by atoms with E-state index in [-0.39, 0.29) is 5.78 Å². The summed E-state index contributed by atoms with van der Waals surface area (Å²) < 4.78 is 0. The Bertz CT molecular complexity index is 519. The number of nitrogens with zero attached hydrogens (tertiary/aromatic N) is 2. The van der Waals surface area contributed by atoms with E-state index in [0.29, 0.717) is 6.42 Å². The predicted octanol–water partition coefficient (Wildman–Crippen LogP) is 3.04. The van der Waals surface area contributed by atoms with E-state index in [9.17, 15) is 4.79 Å². The highest BCUT2D eigenvalue weighted by molar-refractivity contribution is 7.15. The quantitative estimate of drug-likeness (QED) is 0.832. The van der Waals surface area contributed by atoms with Crippen LogP contribution in [0.25, 0.3) is 10.6 Å². The molecule has 88 valence electrons. The second-order valence-corrected chi connectivity index (χ2v) is 5.05. The van der Waals surface area contributed by atoms with Gasteiger partial charge in [-0.2, -0.15) is 0 Å². The van der Waals surface area contributed by atoms with Gasteiger partial charge in [-0.15, -0.1) is 11.3 Å². The molecule has 2 rings (SSSR count). The summed E-state index contributed by atoms with van der Waals surface area (Å²) in [5.41, 5.74) is 2.06. The summed E-state index contributed by atoms with van der Waals surface area (Å²) in [6, 6.07) is 3.90. The first kappa shape index (κ1) is 11.9. The van der Waals surface area contributed by atoms with Crippen molar-refractivity contribution in [2.45, 2.75) is 26.7 Å². The lowest BCUT2D eigenvalue weighted by Gasteiger charge is -1.94. The van der Waals surface area contributed by atoms with Gasteiger partial charge in [0.15, 0.2) is 0 Å². The number of rotatable bonds is 4. The Morgan fingerprint density at radius 1 is 1.47 bits per heavy atom. The van der Waals surface area contributed by atoms with Crippen molar-refractivity contribution in [2.24, 2.45) is 0 Å². The maximum absolute atomic E-state index is 11.0. The number of aromatic nitrogens is 2. The second kappa shape index (κ2) is 5.19. The van der Waals surface area contributed by atoms with Crippen LogP contribution in [-0.4, -0.2) is 15.8 Å². The minimum atomic E-state index is 0.223. The molecule has 2 aromatic heterocycles. The molecule has 0 amide bonds. The van der Waals surface area contributed by atoms with Crippen LogP contribution >= 0.6 is 11.3 Å². The Morgan fingerprint density at radius 3 is 2.94 bits per heavy atom. The number of aryl methyl sites for hydroxylation is 2. The average Bonchev–Trinajstić information content (AvgIpc) is 2.69. The Morgan fingerprint density at radius 2 is 2.29 bits per heavy atom. The Kier molecular flexibility index (Phi) is 3.64. The fourth-order valence-electron chi connectivity index (χ4n) is 1.56. The summed E-state index contributed by atoms with van der Waals surface area (Å²) in [6.45, 7) is 3.62. The molecule has 0 unspecified atom stereocenters. The minimum absolute atomic E-state index is 0.223. The lowest BCUT2D eigenvalue weighted by molar-refractivity contribution is -0.116. The summed E-state index contributed by atoms with van der Waals surface area (Å²) in [4.78, 5) is 20.8. The zero-order valence-electron chi connectivity index (χ0n) is 9.93. The van der Waals surface area contributed by atoms with E-state index in [2.05, 4.69) is 9.97 Å². The van der Waals surface area contributed by atoms with Crippen molar-refractivity contribution in [3.8, 4) is 10.6 Å². The topological polar surface area (TPSA) is 42.9 Å². The summed E-state index contributed by atoms with van der Waals surface area (Å²) >= 11 is 1.65. The van der Waals surface area contributed by atoms with E-state index >= 15 is 0 Å². The number of carbonyl (C=O) groups excluding carboxylic acids is 1. The fraction of sp³-hybridized carbons (Fsp3) is 0.308. The summed E-state index contributed by atoms with van der Waals surface area (Å²) in [5, 5.41) is 0.981. The van der Waals surface area contributed by atoms with Crippen molar-refractivity contribution in [3.05, 3.63) is 35.1 Å². The standard InChI is InChI=1S/C13H14N2OS/c1-9(16)5-6-12-10(2)15-13(17-12)11-4-3-7-14-8-11/h3-4,7-8H,5-6H2,1-2H3. The van der Waals surface area contributed by atoms with Gasteiger partial charge in [0.2, 0.25) is 0 Å². The fourth-order valence-corrected chi connectivity index (χ4v) is 2.61. The number of pyridine rings is 1. The zero-order valence-corrected chi connectivity index (χ0v) is 10.8. The third kappa shape index (κ3) is 2.97. The normalized spacial score (nSPS) is 10.5. The van der Waals surface area contributed by atoms with Crippen LogP contribution in [-0.2, 0) is 11.2 Å². The molecule has 0 radical (unpaired) electrons. The third-order valence-corrected chi connectivity index (χ3v) is 3.77. The number of Topliss-reactive ketones (excluding diaryl/α,β-unsaturated/α-hetero) is 1. The van der Waals surface area contributed by atoms with Gasteiger partial charge in [0.1, 0.15) is 10.8 Å². The molecule has 0 aliphatic heterocycles. The maximum Gasteiger partial charge on any atom is 0.130 e. The Labute approximate surface area is 105 Å². The van der Waals surface area contributed by atoms with Crippen LogP contribution in [0.2, 0.25) is 0 Å². The molecular formula is C13H14N2OS. The largest absolute Gasteiger partial charge is 0.300 e. The van der Waals surface area contributed by atoms with Crippen LogP contribution in [0, 0.1) is 6.92 Å². The number of ketones is 1. The summed E-state index contributed by atoms with van der Waals surface area (Å²) in [6.07, 6.45) is 4.95. The first-order valence-electron chi connectivity index (χ1n) is 5.53. The van der Waals surface area contributed by atoms with Crippen molar-refractivity contribution in [3.63, 3.8) is 0 Å². The van der Waals surface area contributed by atoms with Crippen LogP contribution in [0.4, 0.5) is 0 Å². The average molecular weight is 246 g/mol. The SMILES string of the molecule is CC(=O)CCc1sc(-c2cccnc2)nc1C. The second-order valence-electron chi connectivity index (χ2n) is 3.97. The van der Waals surface area contributed by atoms with Gasteiger partial charge < -0.3 is 4.79 Å². The number of carbonyl (C=O) groups is 1. The molecule has 0 bridgehead atoms. The highest BCUT2D eigenvalue weighted by atomic mass is 32.1. The molecule has 0 N–H and O–H groups in total. The lowest BCUT2D eigenvalue weighted by Crippen LogP contribution is -1.93. The van der Waals surface area contributed by atoms with Gasteiger partial charge in [-0.1, -0.05) is 0 Å². The number of hydrogen-bond donors (Lipinski definition) is 0. The van der Waals surface area contributed by atoms with Gasteiger partial charge >= 0.3 is 0 Å². The van der Waals surface area contributed by atoms with Crippen LogP contribution in [0.5, 0.6) is 0 Å². The predicted molar refractivity (Wildman–Crippen MR) is 69.1 cm³/mol. The van der Waals surface area contributed by atoms with Gasteiger partial charge in [0.05, 0.1) is 5.69 Å². The monoisotopic (exact) mass is 246 g/mol. The van der Waals surface area contributed by atoms with E-state index in [1.54, 1.807) is 24.5 Å². The molecule has 0 aliphatic carbocycles. The van der Waals surface area contributed by atoms with Crippen LogP contribution in [0.15, 0.2) is 24.5 Å². The van der Waals surface area contributed by atoms with Gasteiger partial charge in [0, 0.05) is 29.3 Å². The minimum Gasteiger partial charge on any atom is -0.300 e. The maximum atomic E-state index is 11.0.